The Hall–Kier alpha value is -4.17. The molecular weight excluding hydrogens is 506 g/mol. The van der Waals surface area contributed by atoms with Crippen LogP contribution in [-0.4, -0.2) is 71.2 Å². The highest BCUT2D eigenvalue weighted by molar-refractivity contribution is 5.91. The minimum absolute atomic E-state index is 0.0853. The first-order valence-corrected chi connectivity index (χ1v) is 13.9. The number of amides is 2. The van der Waals surface area contributed by atoms with Crippen molar-refractivity contribution in [1.82, 2.24) is 15.1 Å². The lowest BCUT2D eigenvalue weighted by Crippen LogP contribution is -2.61. The van der Waals surface area contributed by atoms with Crippen molar-refractivity contribution in [2.75, 3.05) is 32.8 Å². The predicted octanol–water partition coefficient (Wildman–Crippen LogP) is 4.10. The van der Waals surface area contributed by atoms with Crippen LogP contribution in [0.1, 0.15) is 35.4 Å². The Morgan fingerprint density at radius 3 is 2.20 bits per heavy atom. The fourth-order valence-corrected chi connectivity index (χ4v) is 6.47. The van der Waals surface area contributed by atoms with Crippen molar-refractivity contribution in [3.05, 3.63) is 95.6 Å². The van der Waals surface area contributed by atoms with Crippen LogP contribution in [0.2, 0.25) is 0 Å². The molecule has 2 unspecified atom stereocenters. The number of ether oxygens (including phenoxy) is 1. The topological polar surface area (TPSA) is 99.2 Å². The van der Waals surface area contributed by atoms with E-state index in [4.69, 9.17) is 4.74 Å². The number of benzene rings is 3. The van der Waals surface area contributed by atoms with Crippen LogP contribution >= 0.6 is 0 Å². The summed E-state index contributed by atoms with van der Waals surface area (Å²) in [5.74, 6) is -1.80. The Bertz CT molecular complexity index is 1380. The lowest BCUT2D eigenvalue weighted by molar-refractivity contribution is -0.142. The molecule has 206 valence electrons. The quantitative estimate of drug-likeness (QED) is 0.469. The normalized spacial score (nSPS) is 22.1. The van der Waals surface area contributed by atoms with E-state index in [0.29, 0.717) is 39.0 Å². The molecular formula is C32H33N3O5. The van der Waals surface area contributed by atoms with Crippen molar-refractivity contribution >= 4 is 18.0 Å². The summed E-state index contributed by atoms with van der Waals surface area (Å²) in [5, 5.41) is 12.4. The van der Waals surface area contributed by atoms with Crippen LogP contribution in [0.5, 0.6) is 0 Å². The first-order valence-electron chi connectivity index (χ1n) is 13.9. The Labute approximate surface area is 233 Å². The predicted molar refractivity (Wildman–Crippen MR) is 150 cm³/mol. The van der Waals surface area contributed by atoms with Gasteiger partial charge in [0, 0.05) is 38.6 Å². The standard InChI is InChI=1S/C32H33N3O5/c36-29(37)23-14-16-35(19-23)30(38)32(15-17-34(21-32)18-22-8-2-1-3-9-22)33-31(39)40-20-28-26-12-6-4-10-24(26)25-11-5-7-13-27(25)28/h1-13,23,28H,14-21H2,(H,33,39)(H,36,37). The minimum Gasteiger partial charge on any atom is -0.481 e. The Balaban J connectivity index is 1.18. The molecule has 2 heterocycles. The molecule has 2 atom stereocenters. The molecule has 0 saturated carbocycles. The van der Waals surface area contributed by atoms with E-state index in [9.17, 15) is 19.5 Å². The molecule has 2 aliphatic heterocycles. The van der Waals surface area contributed by atoms with Crippen molar-refractivity contribution in [3.63, 3.8) is 0 Å². The van der Waals surface area contributed by atoms with Gasteiger partial charge in [-0.1, -0.05) is 78.9 Å². The number of hydrogen-bond acceptors (Lipinski definition) is 5. The van der Waals surface area contributed by atoms with E-state index in [0.717, 1.165) is 27.8 Å². The molecule has 3 aromatic rings. The second-order valence-electron chi connectivity index (χ2n) is 11.1. The van der Waals surface area contributed by atoms with E-state index >= 15 is 0 Å². The molecule has 0 radical (unpaired) electrons. The van der Waals surface area contributed by atoms with Crippen molar-refractivity contribution < 1.29 is 24.2 Å². The third-order valence-electron chi connectivity index (χ3n) is 8.52. The summed E-state index contributed by atoms with van der Waals surface area (Å²) in [5.41, 5.74) is 4.48. The van der Waals surface area contributed by atoms with Crippen LogP contribution in [0.4, 0.5) is 4.79 Å². The maximum atomic E-state index is 13.9. The lowest BCUT2D eigenvalue weighted by Gasteiger charge is -2.33. The molecule has 8 nitrogen and oxygen atoms in total. The number of carboxylic acid groups (broad SMARTS) is 1. The minimum atomic E-state index is -1.18. The smallest absolute Gasteiger partial charge is 0.408 e. The molecule has 8 heteroatoms. The number of fused-ring (bicyclic) bond motifs is 3. The maximum Gasteiger partial charge on any atom is 0.408 e. The fraction of sp³-hybridized carbons (Fsp3) is 0.344. The molecule has 0 aromatic heterocycles. The van der Waals surface area contributed by atoms with E-state index in [1.54, 1.807) is 4.90 Å². The molecule has 2 saturated heterocycles. The van der Waals surface area contributed by atoms with Gasteiger partial charge in [0.25, 0.3) is 0 Å². The van der Waals surface area contributed by atoms with Gasteiger partial charge in [-0.15, -0.1) is 0 Å². The summed E-state index contributed by atoms with van der Waals surface area (Å²) in [6.45, 7) is 2.28. The molecule has 2 fully saturated rings. The second-order valence-corrected chi connectivity index (χ2v) is 11.1. The molecule has 6 rings (SSSR count). The number of aliphatic carboxylic acids is 1. The van der Waals surface area contributed by atoms with E-state index in [1.165, 1.54) is 0 Å². The molecule has 0 bridgehead atoms. The highest BCUT2D eigenvalue weighted by Gasteiger charge is 2.50. The number of likely N-dealkylation sites (tertiary alicyclic amines) is 2. The van der Waals surface area contributed by atoms with E-state index < -0.39 is 23.5 Å². The number of carbonyl (C=O) groups is 3. The summed E-state index contributed by atoms with van der Waals surface area (Å²) in [4.78, 5) is 42.5. The van der Waals surface area contributed by atoms with Crippen LogP contribution < -0.4 is 5.32 Å². The van der Waals surface area contributed by atoms with Crippen molar-refractivity contribution in [2.24, 2.45) is 5.92 Å². The molecule has 0 spiro atoms. The first kappa shape index (κ1) is 26.1. The van der Waals surface area contributed by atoms with Crippen molar-refractivity contribution in [3.8, 4) is 11.1 Å². The van der Waals surface area contributed by atoms with Crippen molar-refractivity contribution in [2.45, 2.75) is 30.8 Å². The van der Waals surface area contributed by atoms with Crippen LogP contribution in [0, 0.1) is 5.92 Å². The largest absolute Gasteiger partial charge is 0.481 e. The lowest BCUT2D eigenvalue weighted by atomic mass is 9.96. The summed E-state index contributed by atoms with van der Waals surface area (Å²) < 4.78 is 5.82. The molecule has 3 aliphatic rings. The van der Waals surface area contributed by atoms with Crippen LogP contribution in [0.25, 0.3) is 11.1 Å². The zero-order valence-corrected chi connectivity index (χ0v) is 22.3. The molecule has 2 amide bonds. The van der Waals surface area contributed by atoms with Crippen LogP contribution in [-0.2, 0) is 20.9 Å². The third-order valence-corrected chi connectivity index (χ3v) is 8.52. The Kier molecular flexibility index (Phi) is 7.02. The number of nitrogens with one attached hydrogen (secondary N) is 1. The maximum absolute atomic E-state index is 13.9. The second kappa shape index (κ2) is 10.8. The van der Waals surface area contributed by atoms with E-state index in [1.807, 2.05) is 54.6 Å². The highest BCUT2D eigenvalue weighted by atomic mass is 16.5. The number of nitrogens with zero attached hydrogens (tertiary/aromatic N) is 2. The average molecular weight is 540 g/mol. The SMILES string of the molecule is O=C(NC1(C(=O)N2CCC(C(=O)O)C2)CCN(Cc2ccccc2)C1)OCC1c2ccccc2-c2ccccc21. The summed E-state index contributed by atoms with van der Waals surface area (Å²) in [7, 11) is 0. The number of carbonyl (C=O) groups excluding carboxylic acids is 2. The molecule has 1 aliphatic carbocycles. The number of alkyl carbamates (subject to hydrolysis) is 1. The molecule has 3 aromatic carbocycles. The van der Waals surface area contributed by atoms with Gasteiger partial charge in [0.2, 0.25) is 5.91 Å². The van der Waals surface area contributed by atoms with E-state index in [-0.39, 0.29) is 25.0 Å². The van der Waals surface area contributed by atoms with E-state index in [2.05, 4.69) is 34.5 Å². The van der Waals surface area contributed by atoms with Gasteiger partial charge in [-0.25, -0.2) is 4.79 Å². The van der Waals surface area contributed by atoms with Gasteiger partial charge >= 0.3 is 12.1 Å². The van der Waals surface area contributed by atoms with Gasteiger partial charge in [-0.2, -0.15) is 0 Å². The Morgan fingerprint density at radius 2 is 1.55 bits per heavy atom. The number of rotatable bonds is 7. The summed E-state index contributed by atoms with van der Waals surface area (Å²) in [6, 6.07) is 26.3. The van der Waals surface area contributed by atoms with Crippen LogP contribution in [0.15, 0.2) is 78.9 Å². The van der Waals surface area contributed by atoms with Gasteiger partial charge in [0.15, 0.2) is 0 Å². The third kappa shape index (κ3) is 4.95. The van der Waals surface area contributed by atoms with Gasteiger partial charge in [-0.3, -0.25) is 14.5 Å². The van der Waals surface area contributed by atoms with Crippen LogP contribution in [0.3, 0.4) is 0 Å². The molecule has 40 heavy (non-hydrogen) atoms. The van der Waals surface area contributed by atoms with Gasteiger partial charge in [0.05, 0.1) is 5.92 Å². The number of carboxylic acids is 1. The zero-order chi connectivity index (χ0) is 27.7. The molecule has 2 N–H and O–H groups in total. The highest BCUT2D eigenvalue weighted by Crippen LogP contribution is 2.44. The monoisotopic (exact) mass is 539 g/mol. The Morgan fingerprint density at radius 1 is 0.900 bits per heavy atom. The number of hydrogen-bond donors (Lipinski definition) is 2. The van der Waals surface area contributed by atoms with Gasteiger partial charge < -0.3 is 20.1 Å². The van der Waals surface area contributed by atoms with Gasteiger partial charge in [-0.05, 0) is 40.7 Å². The summed E-state index contributed by atoms with van der Waals surface area (Å²) >= 11 is 0. The average Bonchev–Trinajstić information content (AvgIpc) is 3.69. The van der Waals surface area contributed by atoms with Gasteiger partial charge in [0.1, 0.15) is 12.1 Å². The van der Waals surface area contributed by atoms with Crippen molar-refractivity contribution in [1.29, 1.82) is 0 Å². The zero-order valence-electron chi connectivity index (χ0n) is 22.3. The first-order chi connectivity index (χ1) is 19.4. The summed E-state index contributed by atoms with van der Waals surface area (Å²) in [6.07, 6.45) is 0.207. The fourth-order valence-electron chi connectivity index (χ4n) is 6.47.